The lowest BCUT2D eigenvalue weighted by atomic mass is 10.2. The van der Waals surface area contributed by atoms with Crippen molar-refractivity contribution >= 4 is 0 Å². The molecule has 1 N–H and O–H groups in total. The monoisotopic (exact) mass is 261 g/mol. The number of nitrogens with one attached hydrogen (secondary N) is 1. The van der Waals surface area contributed by atoms with Gasteiger partial charge in [0, 0.05) is 13.7 Å². The first-order valence-corrected chi connectivity index (χ1v) is 7.09. The summed E-state index contributed by atoms with van der Waals surface area (Å²) in [5.41, 5.74) is 0. The molecular weight excluding hydrogens is 230 g/mol. The van der Waals surface area contributed by atoms with Crippen LogP contribution in [-0.4, -0.2) is 52.7 Å². The van der Waals surface area contributed by atoms with Crippen LogP contribution in [0.3, 0.4) is 0 Å². The molecule has 0 bridgehead atoms. The Morgan fingerprint density at radius 2 is 1.72 bits per heavy atom. The molecule has 0 spiro atoms. The Labute approximate surface area is 112 Å². The van der Waals surface area contributed by atoms with Crippen LogP contribution in [0, 0.1) is 5.92 Å². The predicted molar refractivity (Wildman–Crippen MR) is 75.1 cm³/mol. The highest BCUT2D eigenvalue weighted by Crippen LogP contribution is 2.01. The first kappa shape index (κ1) is 17.8. The molecule has 0 heterocycles. The summed E-state index contributed by atoms with van der Waals surface area (Å²) < 4.78 is 16.1. The summed E-state index contributed by atoms with van der Waals surface area (Å²) in [4.78, 5) is 0. The second kappa shape index (κ2) is 13.3. The van der Waals surface area contributed by atoms with Crippen LogP contribution in [0.5, 0.6) is 0 Å². The van der Waals surface area contributed by atoms with E-state index in [0.717, 1.165) is 25.9 Å². The van der Waals surface area contributed by atoms with Crippen LogP contribution in [-0.2, 0) is 14.2 Å². The average molecular weight is 261 g/mol. The second-order valence-electron chi connectivity index (χ2n) is 4.94. The maximum absolute atomic E-state index is 5.82. The molecule has 0 saturated carbocycles. The number of methoxy groups -OCH3 is 1. The Kier molecular flexibility index (Phi) is 13.2. The summed E-state index contributed by atoms with van der Waals surface area (Å²) in [5, 5.41) is 3.45. The van der Waals surface area contributed by atoms with Crippen LogP contribution in [0.4, 0.5) is 0 Å². The molecule has 0 aromatic carbocycles. The topological polar surface area (TPSA) is 39.7 Å². The van der Waals surface area contributed by atoms with Gasteiger partial charge in [0.25, 0.3) is 0 Å². The number of hydrogen-bond donors (Lipinski definition) is 1. The van der Waals surface area contributed by atoms with Crippen LogP contribution < -0.4 is 5.32 Å². The van der Waals surface area contributed by atoms with E-state index in [1.807, 2.05) is 0 Å². The molecule has 0 rings (SSSR count). The molecule has 0 aliphatic carbocycles. The Morgan fingerprint density at radius 3 is 2.33 bits per heavy atom. The molecule has 0 aliphatic heterocycles. The minimum absolute atomic E-state index is 0.305. The maximum atomic E-state index is 5.82. The van der Waals surface area contributed by atoms with Crippen molar-refractivity contribution in [2.45, 2.75) is 39.7 Å². The van der Waals surface area contributed by atoms with Crippen LogP contribution in [0.25, 0.3) is 0 Å². The van der Waals surface area contributed by atoms with E-state index < -0.39 is 0 Å². The van der Waals surface area contributed by atoms with E-state index in [2.05, 4.69) is 26.1 Å². The van der Waals surface area contributed by atoms with Crippen LogP contribution >= 0.6 is 0 Å². The largest absolute Gasteiger partial charge is 0.382 e. The maximum Gasteiger partial charge on any atom is 0.0704 e. The Bertz CT molecular complexity index is 165. The predicted octanol–water partition coefficient (Wildman–Crippen LogP) is 2.08. The number of rotatable bonds is 13. The summed E-state index contributed by atoms with van der Waals surface area (Å²) in [6.07, 6.45) is 2.56. The summed E-state index contributed by atoms with van der Waals surface area (Å²) >= 11 is 0. The molecule has 1 unspecified atom stereocenters. The Balaban J connectivity index is 3.50. The smallest absolute Gasteiger partial charge is 0.0704 e. The van der Waals surface area contributed by atoms with Gasteiger partial charge in [-0.1, -0.05) is 27.2 Å². The van der Waals surface area contributed by atoms with Gasteiger partial charge in [0.05, 0.1) is 32.5 Å². The highest BCUT2D eigenvalue weighted by molar-refractivity contribution is 4.62. The molecule has 0 radical (unpaired) electrons. The molecule has 0 aliphatic rings. The standard InChI is InChI=1S/C14H31NO3/c1-5-6-14(12-15-11-13(2)3)18-10-9-17-8-7-16-4/h13-15H,5-12H2,1-4H3. The van der Waals surface area contributed by atoms with Crippen LogP contribution in [0.15, 0.2) is 0 Å². The first-order chi connectivity index (χ1) is 8.70. The van der Waals surface area contributed by atoms with Crippen molar-refractivity contribution < 1.29 is 14.2 Å². The van der Waals surface area contributed by atoms with Gasteiger partial charge in [0.2, 0.25) is 0 Å². The summed E-state index contributed by atoms with van der Waals surface area (Å²) in [7, 11) is 1.68. The minimum Gasteiger partial charge on any atom is -0.382 e. The molecule has 1 atom stereocenters. The van der Waals surface area contributed by atoms with Gasteiger partial charge in [0.1, 0.15) is 0 Å². The molecule has 0 aromatic rings. The van der Waals surface area contributed by atoms with Gasteiger partial charge in [-0.25, -0.2) is 0 Å². The quantitative estimate of drug-likeness (QED) is 0.515. The molecule has 0 fully saturated rings. The van der Waals surface area contributed by atoms with Crippen molar-refractivity contribution in [1.82, 2.24) is 5.32 Å². The average Bonchev–Trinajstić information content (AvgIpc) is 2.33. The minimum atomic E-state index is 0.305. The summed E-state index contributed by atoms with van der Waals surface area (Å²) in [6, 6.07) is 0. The van der Waals surface area contributed by atoms with Gasteiger partial charge in [-0.15, -0.1) is 0 Å². The third-order valence-corrected chi connectivity index (χ3v) is 2.55. The third kappa shape index (κ3) is 12.3. The molecule has 4 nitrogen and oxygen atoms in total. The van der Waals surface area contributed by atoms with Crippen molar-refractivity contribution in [3.63, 3.8) is 0 Å². The molecule has 0 saturated heterocycles. The highest BCUT2D eigenvalue weighted by atomic mass is 16.5. The summed E-state index contributed by atoms with van der Waals surface area (Å²) in [5.74, 6) is 0.685. The molecule has 0 aromatic heterocycles. The van der Waals surface area contributed by atoms with E-state index in [1.165, 1.54) is 0 Å². The van der Waals surface area contributed by atoms with Crippen molar-refractivity contribution in [1.29, 1.82) is 0 Å². The summed E-state index contributed by atoms with van der Waals surface area (Å²) in [6.45, 7) is 11.2. The molecular formula is C14H31NO3. The van der Waals surface area contributed by atoms with Gasteiger partial charge in [-0.2, -0.15) is 0 Å². The zero-order valence-corrected chi connectivity index (χ0v) is 12.5. The van der Waals surface area contributed by atoms with E-state index in [9.17, 15) is 0 Å². The van der Waals surface area contributed by atoms with Crippen molar-refractivity contribution in [2.24, 2.45) is 5.92 Å². The van der Waals surface area contributed by atoms with Crippen molar-refractivity contribution in [2.75, 3.05) is 46.6 Å². The molecule has 0 amide bonds. The zero-order valence-electron chi connectivity index (χ0n) is 12.5. The fourth-order valence-electron chi connectivity index (χ4n) is 1.62. The van der Waals surface area contributed by atoms with Crippen molar-refractivity contribution in [3.05, 3.63) is 0 Å². The van der Waals surface area contributed by atoms with E-state index >= 15 is 0 Å². The zero-order chi connectivity index (χ0) is 13.6. The lowest BCUT2D eigenvalue weighted by Gasteiger charge is -2.18. The molecule has 110 valence electrons. The lowest BCUT2D eigenvalue weighted by Crippen LogP contribution is -2.32. The Morgan fingerprint density at radius 1 is 1.00 bits per heavy atom. The molecule has 4 heteroatoms. The van der Waals surface area contributed by atoms with E-state index in [-0.39, 0.29) is 0 Å². The second-order valence-corrected chi connectivity index (χ2v) is 4.94. The normalized spacial score (nSPS) is 13.2. The number of ether oxygens (including phenoxy) is 3. The van der Waals surface area contributed by atoms with Gasteiger partial charge in [0.15, 0.2) is 0 Å². The molecule has 18 heavy (non-hydrogen) atoms. The van der Waals surface area contributed by atoms with E-state index in [4.69, 9.17) is 14.2 Å². The third-order valence-electron chi connectivity index (χ3n) is 2.55. The van der Waals surface area contributed by atoms with E-state index in [0.29, 0.717) is 38.4 Å². The highest BCUT2D eigenvalue weighted by Gasteiger charge is 2.07. The Hall–Kier alpha value is -0.160. The van der Waals surface area contributed by atoms with Gasteiger partial charge in [-0.05, 0) is 18.9 Å². The van der Waals surface area contributed by atoms with Gasteiger partial charge in [-0.3, -0.25) is 0 Å². The first-order valence-electron chi connectivity index (χ1n) is 7.09. The number of hydrogen-bond acceptors (Lipinski definition) is 4. The van der Waals surface area contributed by atoms with Crippen LogP contribution in [0.2, 0.25) is 0 Å². The SMILES string of the molecule is CCCC(CNCC(C)C)OCCOCCOC. The fraction of sp³-hybridized carbons (Fsp3) is 1.00. The van der Waals surface area contributed by atoms with E-state index in [1.54, 1.807) is 7.11 Å². The lowest BCUT2D eigenvalue weighted by molar-refractivity contribution is -0.00880. The van der Waals surface area contributed by atoms with Crippen molar-refractivity contribution in [3.8, 4) is 0 Å². The van der Waals surface area contributed by atoms with Crippen LogP contribution in [0.1, 0.15) is 33.6 Å². The van der Waals surface area contributed by atoms with Gasteiger partial charge < -0.3 is 19.5 Å². The van der Waals surface area contributed by atoms with Gasteiger partial charge >= 0.3 is 0 Å². The fourth-order valence-corrected chi connectivity index (χ4v) is 1.62.